The Balaban J connectivity index is 1.56. The number of aromatic nitrogens is 1. The molecule has 3 aromatic rings. The zero-order valence-corrected chi connectivity index (χ0v) is 20.1. The fourth-order valence-electron chi connectivity index (χ4n) is 4.52. The number of fused-ring (bicyclic) bond motifs is 1. The minimum absolute atomic E-state index is 0.0328. The van der Waals surface area contributed by atoms with E-state index in [0.717, 1.165) is 0 Å². The quantitative estimate of drug-likeness (QED) is 0.482. The molecular weight excluding hydrogens is 491 g/mol. The molecule has 0 saturated carbocycles. The molecular formula is C25H24ClFN4O5. The van der Waals surface area contributed by atoms with Crippen LogP contribution in [-0.4, -0.2) is 53.0 Å². The van der Waals surface area contributed by atoms with Crippen molar-refractivity contribution in [1.82, 2.24) is 9.47 Å². The van der Waals surface area contributed by atoms with E-state index in [1.807, 2.05) is 0 Å². The van der Waals surface area contributed by atoms with E-state index in [0.29, 0.717) is 16.6 Å². The third-order valence-electron chi connectivity index (χ3n) is 6.33. The molecule has 3 amide bonds. The van der Waals surface area contributed by atoms with Crippen molar-refractivity contribution in [3.63, 3.8) is 0 Å². The summed E-state index contributed by atoms with van der Waals surface area (Å²) in [7, 11) is 1.24. The molecule has 0 aliphatic carbocycles. The summed E-state index contributed by atoms with van der Waals surface area (Å²) in [6, 6.07) is 9.16. The number of hydrogen-bond acceptors (Lipinski definition) is 5. The number of primary amides is 1. The van der Waals surface area contributed by atoms with Crippen molar-refractivity contribution < 1.29 is 28.3 Å². The van der Waals surface area contributed by atoms with Crippen molar-refractivity contribution in [2.24, 2.45) is 11.7 Å². The number of carbonyl (C=O) groups is 4. The number of urea groups is 1. The van der Waals surface area contributed by atoms with Crippen LogP contribution in [-0.2, 0) is 20.7 Å². The number of aryl methyl sites for hydroxylation is 1. The van der Waals surface area contributed by atoms with Crippen LogP contribution in [0.4, 0.5) is 19.7 Å². The summed E-state index contributed by atoms with van der Waals surface area (Å²) in [5, 5.41) is 3.27. The molecule has 3 N–H and O–H groups in total. The number of benzene rings is 2. The largest absolute Gasteiger partial charge is 0.469 e. The molecule has 4 rings (SSSR count). The predicted octanol–water partition coefficient (Wildman–Crippen LogP) is 3.96. The number of ether oxygens (including phenoxy) is 1. The smallest absolute Gasteiger partial charge is 0.323 e. The van der Waals surface area contributed by atoms with E-state index in [2.05, 4.69) is 5.32 Å². The van der Waals surface area contributed by atoms with Gasteiger partial charge in [0, 0.05) is 24.5 Å². The van der Waals surface area contributed by atoms with E-state index >= 15 is 0 Å². The third kappa shape index (κ3) is 4.90. The number of nitrogens with two attached hydrogens (primary N) is 1. The summed E-state index contributed by atoms with van der Waals surface area (Å²) >= 11 is 5.83. The summed E-state index contributed by atoms with van der Waals surface area (Å²) in [6.07, 6.45) is 1.52. The second kappa shape index (κ2) is 10.4. The van der Waals surface area contributed by atoms with Gasteiger partial charge in [-0.2, -0.15) is 0 Å². The molecule has 1 aliphatic rings. The summed E-state index contributed by atoms with van der Waals surface area (Å²) in [4.78, 5) is 51.8. The number of likely N-dealkylation sites (tertiary alicyclic amines) is 1. The highest BCUT2D eigenvalue weighted by Crippen LogP contribution is 2.30. The Kier molecular flexibility index (Phi) is 7.25. The zero-order valence-electron chi connectivity index (χ0n) is 19.4. The lowest BCUT2D eigenvalue weighted by Crippen LogP contribution is -2.43. The van der Waals surface area contributed by atoms with Crippen molar-refractivity contribution in [3.8, 4) is 0 Å². The highest BCUT2D eigenvalue weighted by molar-refractivity contribution is 6.30. The molecule has 0 bridgehead atoms. The maximum atomic E-state index is 14.3. The standard InChI is InChI=1S/C25H24ClFN4O5/c1-36-23(33)15-11-20(21(32)10-9-14-5-4-7-17(26)22(14)27)31(12-15)25(35)29-18-13-30(24(28)34)19-8-3-2-6-16(18)19/h2-8,13,15,20H,9-12H2,1H3,(H2,28,34)(H,29,35)/t15-,20-/m0/s1. The molecule has 1 aliphatic heterocycles. The fraction of sp³-hybridized carbons (Fsp3) is 0.280. The molecule has 1 fully saturated rings. The van der Waals surface area contributed by atoms with E-state index in [1.54, 1.807) is 36.4 Å². The molecule has 36 heavy (non-hydrogen) atoms. The second-order valence-electron chi connectivity index (χ2n) is 8.50. The first-order valence-corrected chi connectivity index (χ1v) is 11.6. The van der Waals surface area contributed by atoms with E-state index in [-0.39, 0.29) is 42.2 Å². The Bertz CT molecular complexity index is 1360. The van der Waals surface area contributed by atoms with E-state index in [9.17, 15) is 23.6 Å². The van der Waals surface area contributed by atoms with Gasteiger partial charge < -0.3 is 20.7 Å². The average molecular weight is 515 g/mol. The lowest BCUT2D eigenvalue weighted by Gasteiger charge is -2.24. The average Bonchev–Trinajstić information content (AvgIpc) is 3.47. The molecule has 0 spiro atoms. The van der Waals surface area contributed by atoms with Gasteiger partial charge in [0.1, 0.15) is 5.82 Å². The number of Topliss-reactive ketones (excluding diaryl/α,β-unsaturated/α-hetero) is 1. The van der Waals surface area contributed by atoms with E-state index in [4.69, 9.17) is 22.1 Å². The Hall–Kier alpha value is -3.92. The maximum absolute atomic E-state index is 14.3. The molecule has 2 atom stereocenters. The van der Waals surface area contributed by atoms with Crippen LogP contribution in [0.3, 0.4) is 0 Å². The van der Waals surface area contributed by atoms with Gasteiger partial charge in [-0.15, -0.1) is 0 Å². The first kappa shape index (κ1) is 25.2. The normalized spacial score (nSPS) is 17.2. The first-order chi connectivity index (χ1) is 17.2. The molecule has 1 aromatic heterocycles. The molecule has 2 heterocycles. The van der Waals surface area contributed by atoms with Crippen molar-refractivity contribution in [2.75, 3.05) is 19.0 Å². The number of esters is 1. The monoisotopic (exact) mass is 514 g/mol. The molecule has 1 saturated heterocycles. The Morgan fingerprint density at radius 2 is 1.92 bits per heavy atom. The van der Waals surface area contributed by atoms with E-state index in [1.165, 1.54) is 28.8 Å². The van der Waals surface area contributed by atoms with Gasteiger partial charge in [-0.1, -0.05) is 41.9 Å². The number of rotatable bonds is 6. The van der Waals surface area contributed by atoms with Crippen molar-refractivity contribution in [1.29, 1.82) is 0 Å². The second-order valence-corrected chi connectivity index (χ2v) is 8.91. The third-order valence-corrected chi connectivity index (χ3v) is 6.62. The van der Waals surface area contributed by atoms with Crippen molar-refractivity contribution >= 4 is 52.0 Å². The fourth-order valence-corrected chi connectivity index (χ4v) is 4.71. The van der Waals surface area contributed by atoms with Gasteiger partial charge in [0.05, 0.1) is 35.3 Å². The number of methoxy groups -OCH3 is 1. The summed E-state index contributed by atoms with van der Waals surface area (Å²) in [5.41, 5.74) is 6.56. The summed E-state index contributed by atoms with van der Waals surface area (Å²) < 4.78 is 20.3. The van der Waals surface area contributed by atoms with Crippen LogP contribution < -0.4 is 11.1 Å². The minimum atomic E-state index is -0.916. The number of hydrogen-bond donors (Lipinski definition) is 2. The summed E-state index contributed by atoms with van der Waals surface area (Å²) in [6.45, 7) is -0.0328. The Morgan fingerprint density at radius 3 is 2.64 bits per heavy atom. The Labute approximate surface area is 210 Å². The van der Waals surface area contributed by atoms with Crippen LogP contribution in [0, 0.1) is 11.7 Å². The maximum Gasteiger partial charge on any atom is 0.323 e. The SMILES string of the molecule is COC(=O)[C@H]1C[C@@H](C(=O)CCc2cccc(Cl)c2F)N(C(=O)Nc2cn(C(N)=O)c3ccccc23)C1. The van der Waals surface area contributed by atoms with Crippen molar-refractivity contribution in [2.45, 2.75) is 25.3 Å². The number of nitrogens with one attached hydrogen (secondary N) is 1. The molecule has 0 radical (unpaired) electrons. The number of anilines is 1. The minimum Gasteiger partial charge on any atom is -0.469 e. The highest BCUT2D eigenvalue weighted by Gasteiger charge is 2.42. The lowest BCUT2D eigenvalue weighted by atomic mass is 9.98. The van der Waals surface area contributed by atoms with Gasteiger partial charge >= 0.3 is 18.0 Å². The molecule has 11 heteroatoms. The van der Waals surface area contributed by atoms with Crippen LogP contribution in [0.1, 0.15) is 18.4 Å². The van der Waals surface area contributed by atoms with Crippen LogP contribution in [0.25, 0.3) is 10.9 Å². The van der Waals surface area contributed by atoms with Crippen LogP contribution >= 0.6 is 11.6 Å². The van der Waals surface area contributed by atoms with Gasteiger partial charge in [-0.05, 0) is 30.5 Å². The molecule has 9 nitrogen and oxygen atoms in total. The lowest BCUT2D eigenvalue weighted by molar-refractivity contribution is -0.144. The van der Waals surface area contributed by atoms with Crippen LogP contribution in [0.5, 0.6) is 0 Å². The number of nitrogens with zero attached hydrogens (tertiary/aromatic N) is 2. The van der Waals surface area contributed by atoms with Gasteiger partial charge in [0.15, 0.2) is 5.78 Å². The first-order valence-electron chi connectivity index (χ1n) is 11.2. The molecule has 188 valence electrons. The highest BCUT2D eigenvalue weighted by atomic mass is 35.5. The number of halogens is 2. The number of ketones is 1. The topological polar surface area (TPSA) is 124 Å². The molecule has 0 unspecified atom stereocenters. The summed E-state index contributed by atoms with van der Waals surface area (Å²) in [5.74, 6) is -2.14. The predicted molar refractivity (Wildman–Crippen MR) is 131 cm³/mol. The zero-order chi connectivity index (χ0) is 26.0. The Morgan fingerprint density at radius 1 is 1.17 bits per heavy atom. The van der Waals surface area contributed by atoms with E-state index < -0.39 is 35.8 Å². The van der Waals surface area contributed by atoms with Crippen LogP contribution in [0.15, 0.2) is 48.7 Å². The van der Waals surface area contributed by atoms with Gasteiger partial charge in [-0.25, -0.2) is 14.0 Å². The molecule has 2 aromatic carbocycles. The number of para-hydroxylation sites is 1. The van der Waals surface area contributed by atoms with Gasteiger partial charge in [0.2, 0.25) is 0 Å². The number of carbonyl (C=O) groups excluding carboxylic acids is 4. The van der Waals surface area contributed by atoms with Gasteiger partial charge in [-0.3, -0.25) is 14.2 Å². The van der Waals surface area contributed by atoms with Crippen molar-refractivity contribution in [3.05, 3.63) is 65.1 Å². The van der Waals surface area contributed by atoms with Gasteiger partial charge in [0.25, 0.3) is 0 Å². The van der Waals surface area contributed by atoms with Crippen LogP contribution in [0.2, 0.25) is 5.02 Å². The number of amides is 3.